The number of carbonyl (C=O) groups is 1. The number of carbonyl (C=O) groups excluding carboxylic acids is 1. The Kier molecular flexibility index (Phi) is 4.33. The molecule has 1 amide bonds. The summed E-state index contributed by atoms with van der Waals surface area (Å²) < 4.78 is 91.0. The van der Waals surface area contributed by atoms with Gasteiger partial charge in [0.2, 0.25) is 0 Å². The van der Waals surface area contributed by atoms with E-state index in [2.05, 4.69) is 0 Å². The van der Waals surface area contributed by atoms with Crippen molar-refractivity contribution in [3.63, 3.8) is 0 Å². The van der Waals surface area contributed by atoms with E-state index in [0.717, 1.165) is 0 Å². The summed E-state index contributed by atoms with van der Waals surface area (Å²) in [7, 11) is 0. The van der Waals surface area contributed by atoms with Crippen LogP contribution in [0.4, 0.5) is 30.7 Å². The van der Waals surface area contributed by atoms with Crippen molar-refractivity contribution in [1.82, 2.24) is 5.32 Å². The van der Waals surface area contributed by atoms with E-state index in [0.29, 0.717) is 19.4 Å². The highest BCUT2D eigenvalue weighted by Gasteiger charge is 2.76. The van der Waals surface area contributed by atoms with Crippen molar-refractivity contribution in [2.75, 3.05) is 13.2 Å². The Morgan fingerprint density at radius 1 is 1.16 bits per heavy atom. The second kappa shape index (κ2) is 5.14. The number of amides is 1. The smallest absolute Gasteiger partial charge is 0.376 e. The summed E-state index contributed by atoms with van der Waals surface area (Å²) in [5.74, 6) is -15.0. The van der Waals surface area contributed by atoms with Crippen molar-refractivity contribution < 1.29 is 40.3 Å². The zero-order chi connectivity index (χ0) is 14.9. The van der Waals surface area contributed by atoms with Gasteiger partial charge >= 0.3 is 18.0 Å². The molecule has 1 heterocycles. The Morgan fingerprint density at radius 2 is 1.74 bits per heavy atom. The first-order valence-corrected chi connectivity index (χ1v) is 5.22. The van der Waals surface area contributed by atoms with Crippen molar-refractivity contribution in [1.29, 1.82) is 0 Å². The van der Waals surface area contributed by atoms with Gasteiger partial charge in [0.1, 0.15) is 0 Å². The third-order valence-electron chi connectivity index (χ3n) is 2.55. The van der Waals surface area contributed by atoms with Crippen LogP contribution in [-0.4, -0.2) is 43.2 Å². The molecule has 0 spiro atoms. The van der Waals surface area contributed by atoms with Gasteiger partial charge in [0, 0.05) is 13.2 Å². The van der Waals surface area contributed by atoms with Crippen LogP contribution in [0.25, 0.3) is 0 Å². The van der Waals surface area contributed by atoms with Gasteiger partial charge in [-0.15, -0.1) is 0 Å². The van der Waals surface area contributed by atoms with Crippen LogP contribution in [0.2, 0.25) is 0 Å². The summed E-state index contributed by atoms with van der Waals surface area (Å²) in [4.78, 5) is 10.8. The molecule has 1 N–H and O–H groups in total. The lowest BCUT2D eigenvalue weighted by molar-refractivity contribution is -0.344. The molecule has 0 aliphatic carbocycles. The Labute approximate surface area is 103 Å². The maximum Gasteiger partial charge on any atom is 0.460 e. The third kappa shape index (κ3) is 3.10. The van der Waals surface area contributed by atoms with Crippen molar-refractivity contribution in [2.24, 2.45) is 0 Å². The summed E-state index contributed by atoms with van der Waals surface area (Å²) >= 11 is 0. The minimum atomic E-state index is -6.52. The lowest BCUT2D eigenvalue weighted by Gasteiger charge is -2.27. The van der Waals surface area contributed by atoms with Crippen LogP contribution in [0.1, 0.15) is 12.8 Å². The minimum absolute atomic E-state index is 0.315. The monoisotopic (exact) mass is 297 g/mol. The first kappa shape index (κ1) is 16.0. The zero-order valence-electron chi connectivity index (χ0n) is 9.37. The maximum atomic E-state index is 12.8. The molecule has 0 saturated carbocycles. The Bertz CT molecular complexity index is 336. The van der Waals surface area contributed by atoms with E-state index in [9.17, 15) is 35.5 Å². The molecule has 1 rings (SSSR count). The fourth-order valence-electron chi connectivity index (χ4n) is 1.44. The molecule has 1 atom stereocenters. The average Bonchev–Trinajstić information content (AvgIpc) is 2.76. The van der Waals surface area contributed by atoms with Crippen LogP contribution in [-0.2, 0) is 9.53 Å². The molecule has 1 aliphatic rings. The quantitative estimate of drug-likeness (QED) is 0.807. The highest BCUT2D eigenvalue weighted by Crippen LogP contribution is 2.46. The fraction of sp³-hybridized carbons (Fsp3) is 0.889. The van der Waals surface area contributed by atoms with Crippen LogP contribution in [0.3, 0.4) is 0 Å². The van der Waals surface area contributed by atoms with Gasteiger partial charge in [-0.2, -0.15) is 30.7 Å². The molecule has 1 unspecified atom stereocenters. The van der Waals surface area contributed by atoms with E-state index in [1.165, 1.54) is 5.32 Å². The van der Waals surface area contributed by atoms with E-state index in [1.54, 1.807) is 0 Å². The molecule has 1 aliphatic heterocycles. The molecular weight excluding hydrogens is 287 g/mol. The van der Waals surface area contributed by atoms with E-state index < -0.39 is 36.6 Å². The second-order valence-corrected chi connectivity index (χ2v) is 3.99. The number of nitrogens with one attached hydrogen (secondary N) is 1. The van der Waals surface area contributed by atoms with Crippen LogP contribution >= 0.6 is 0 Å². The standard InChI is InChI=1S/C9H10F7NO2/c10-7(11,8(12,13)9(14,15)16)6(18)17-4-5-2-1-3-19-5/h5H,1-4H2,(H,17,18). The molecule has 0 aromatic heterocycles. The second-order valence-electron chi connectivity index (χ2n) is 3.99. The molecule has 19 heavy (non-hydrogen) atoms. The minimum Gasteiger partial charge on any atom is -0.376 e. The van der Waals surface area contributed by atoms with E-state index >= 15 is 0 Å². The van der Waals surface area contributed by atoms with Crippen molar-refractivity contribution in [3.8, 4) is 0 Å². The van der Waals surface area contributed by atoms with Gasteiger partial charge in [0.25, 0.3) is 5.91 Å². The summed E-state index contributed by atoms with van der Waals surface area (Å²) in [5.41, 5.74) is 0. The summed E-state index contributed by atoms with van der Waals surface area (Å²) in [5, 5.41) is 1.35. The molecule has 0 aromatic rings. The lowest BCUT2D eigenvalue weighted by atomic mass is 10.1. The van der Waals surface area contributed by atoms with Crippen LogP contribution in [0.5, 0.6) is 0 Å². The maximum absolute atomic E-state index is 12.8. The molecule has 0 bridgehead atoms. The van der Waals surface area contributed by atoms with Gasteiger partial charge in [-0.05, 0) is 12.8 Å². The number of alkyl halides is 7. The summed E-state index contributed by atoms with van der Waals surface area (Å²) in [6.07, 6.45) is -6.17. The summed E-state index contributed by atoms with van der Waals surface area (Å²) in [6.45, 7) is -0.224. The molecule has 10 heteroatoms. The highest BCUT2D eigenvalue weighted by molar-refractivity contribution is 5.84. The molecule has 1 saturated heterocycles. The largest absolute Gasteiger partial charge is 0.460 e. The van der Waals surface area contributed by atoms with Crippen LogP contribution < -0.4 is 5.32 Å². The normalized spacial score (nSPS) is 21.5. The van der Waals surface area contributed by atoms with Gasteiger partial charge in [-0.1, -0.05) is 0 Å². The first-order chi connectivity index (χ1) is 8.50. The highest BCUT2D eigenvalue weighted by atomic mass is 19.4. The molecule has 3 nitrogen and oxygen atoms in total. The average molecular weight is 297 g/mol. The number of hydrogen-bond acceptors (Lipinski definition) is 2. The van der Waals surface area contributed by atoms with Gasteiger partial charge in [0.15, 0.2) is 0 Å². The SMILES string of the molecule is O=C(NCC1CCCO1)C(F)(F)C(F)(F)C(F)(F)F. The van der Waals surface area contributed by atoms with Gasteiger partial charge in [-0.3, -0.25) is 4.79 Å². The predicted molar refractivity (Wildman–Crippen MR) is 47.9 cm³/mol. The molecule has 1 fully saturated rings. The number of rotatable bonds is 4. The van der Waals surface area contributed by atoms with E-state index in [1.807, 2.05) is 0 Å². The van der Waals surface area contributed by atoms with Crippen molar-refractivity contribution >= 4 is 5.91 Å². The van der Waals surface area contributed by atoms with Gasteiger partial charge in [0.05, 0.1) is 6.10 Å². The van der Waals surface area contributed by atoms with Crippen LogP contribution in [0, 0.1) is 0 Å². The first-order valence-electron chi connectivity index (χ1n) is 5.22. The number of halogens is 7. The molecule has 0 radical (unpaired) electrons. The van der Waals surface area contributed by atoms with Crippen molar-refractivity contribution in [3.05, 3.63) is 0 Å². The Hall–Kier alpha value is -1.06. The van der Waals surface area contributed by atoms with E-state index in [-0.39, 0.29) is 0 Å². The van der Waals surface area contributed by atoms with Crippen LogP contribution in [0.15, 0.2) is 0 Å². The fourth-order valence-corrected chi connectivity index (χ4v) is 1.44. The lowest BCUT2D eigenvalue weighted by Crippen LogP contribution is -2.59. The summed E-state index contributed by atoms with van der Waals surface area (Å²) in [6, 6.07) is 0. The zero-order valence-corrected chi connectivity index (χ0v) is 9.37. The number of ether oxygens (including phenoxy) is 1. The van der Waals surface area contributed by atoms with E-state index in [4.69, 9.17) is 4.74 Å². The molecule has 112 valence electrons. The van der Waals surface area contributed by atoms with Crippen molar-refractivity contribution in [2.45, 2.75) is 37.0 Å². The number of hydrogen-bond donors (Lipinski definition) is 1. The van der Waals surface area contributed by atoms with Gasteiger partial charge in [-0.25, -0.2) is 0 Å². The predicted octanol–water partition coefficient (Wildman–Crippen LogP) is 2.11. The van der Waals surface area contributed by atoms with Gasteiger partial charge < -0.3 is 10.1 Å². The Balaban J connectivity index is 2.67. The molecule has 0 aromatic carbocycles. The molecular formula is C9H10F7NO2. The third-order valence-corrected chi connectivity index (χ3v) is 2.55. The topological polar surface area (TPSA) is 38.3 Å². The Morgan fingerprint density at radius 3 is 2.16 bits per heavy atom.